The van der Waals surface area contributed by atoms with Crippen LogP contribution in [0, 0.1) is 6.92 Å². The molecule has 1 aromatic rings. The van der Waals surface area contributed by atoms with E-state index in [0.29, 0.717) is 0 Å². The van der Waals surface area contributed by atoms with Gasteiger partial charge >= 0.3 is 0 Å². The van der Waals surface area contributed by atoms with Crippen LogP contribution in [-0.4, -0.2) is 25.7 Å². The van der Waals surface area contributed by atoms with Crippen LogP contribution in [0.2, 0.25) is 0 Å². The van der Waals surface area contributed by atoms with Gasteiger partial charge in [-0.15, -0.1) is 0 Å². The van der Waals surface area contributed by atoms with Gasteiger partial charge in [0.25, 0.3) is 0 Å². The molecule has 1 rings (SSSR count). The Bertz CT molecular complexity index is 480. The number of pyridine rings is 1. The van der Waals surface area contributed by atoms with E-state index in [1.54, 1.807) is 13.0 Å². The lowest BCUT2D eigenvalue weighted by Gasteiger charge is -2.02. The van der Waals surface area contributed by atoms with Crippen molar-refractivity contribution in [1.29, 1.82) is 0 Å². The molecule has 0 bridgehead atoms. The predicted octanol–water partition coefficient (Wildman–Crippen LogP) is 0.976. The molecule has 0 aromatic carbocycles. The third kappa shape index (κ3) is 3.39. The number of sulfone groups is 1. The van der Waals surface area contributed by atoms with Crippen molar-refractivity contribution in [2.75, 3.05) is 12.3 Å². The Kier molecular flexibility index (Phi) is 4.14. The summed E-state index contributed by atoms with van der Waals surface area (Å²) in [6, 6.07) is 2.98. The van der Waals surface area contributed by atoms with Crippen molar-refractivity contribution in [3.05, 3.63) is 35.8 Å². The molecule has 0 saturated heterocycles. The second kappa shape index (κ2) is 5.18. The predicted molar refractivity (Wildman–Crippen MR) is 59.3 cm³/mol. The number of halogens is 1. The molecular formula is C10H13FN2O2S. The molecule has 0 radical (unpaired) electrons. The van der Waals surface area contributed by atoms with E-state index in [2.05, 4.69) is 4.98 Å². The number of hydrogen-bond donors (Lipinski definition) is 1. The summed E-state index contributed by atoms with van der Waals surface area (Å²) in [6.45, 7) is 1.76. The summed E-state index contributed by atoms with van der Waals surface area (Å²) in [7, 11) is -3.71. The van der Waals surface area contributed by atoms with E-state index in [4.69, 9.17) is 5.73 Å². The third-order valence-electron chi connectivity index (χ3n) is 1.87. The van der Waals surface area contributed by atoms with Crippen LogP contribution in [-0.2, 0) is 9.84 Å². The Labute approximate surface area is 93.9 Å². The quantitative estimate of drug-likeness (QED) is 0.856. The first-order valence-corrected chi connectivity index (χ1v) is 6.31. The molecule has 0 amide bonds. The number of nitrogens with two attached hydrogens (primary N) is 1. The fraction of sp³-hybridized carbons (Fsp3) is 0.300. The van der Waals surface area contributed by atoms with E-state index in [9.17, 15) is 12.8 Å². The minimum absolute atomic E-state index is 0.0251. The van der Waals surface area contributed by atoms with Crippen LogP contribution in [0.3, 0.4) is 0 Å². The third-order valence-corrected chi connectivity index (χ3v) is 3.40. The van der Waals surface area contributed by atoms with Gasteiger partial charge in [0.2, 0.25) is 9.84 Å². The van der Waals surface area contributed by atoms with Gasteiger partial charge in [-0.3, -0.25) is 0 Å². The van der Waals surface area contributed by atoms with Crippen molar-refractivity contribution >= 4 is 9.84 Å². The Hall–Kier alpha value is -1.27. The zero-order valence-electron chi connectivity index (χ0n) is 8.85. The number of aromatic nitrogens is 1. The summed E-state index contributed by atoms with van der Waals surface area (Å²) < 4.78 is 36.3. The molecule has 0 unspecified atom stereocenters. The van der Waals surface area contributed by atoms with Crippen LogP contribution in [0.5, 0.6) is 0 Å². The first kappa shape index (κ1) is 12.8. The highest BCUT2D eigenvalue weighted by Crippen LogP contribution is 2.12. The molecule has 6 heteroatoms. The lowest BCUT2D eigenvalue weighted by Crippen LogP contribution is -2.10. The molecular weight excluding hydrogens is 231 g/mol. The maximum Gasteiger partial charge on any atom is 0.202 e. The van der Waals surface area contributed by atoms with Gasteiger partial charge in [-0.2, -0.15) is 0 Å². The van der Waals surface area contributed by atoms with Crippen molar-refractivity contribution in [3.63, 3.8) is 0 Å². The van der Waals surface area contributed by atoms with E-state index in [1.807, 2.05) is 0 Å². The normalized spacial score (nSPS) is 12.8. The minimum atomic E-state index is -3.71. The van der Waals surface area contributed by atoms with Crippen LogP contribution >= 0.6 is 0 Å². The molecule has 0 aliphatic heterocycles. The smallest absolute Gasteiger partial charge is 0.202 e. The molecule has 4 nitrogen and oxygen atoms in total. The molecule has 1 aromatic heterocycles. The molecule has 2 N–H and O–H groups in total. The fourth-order valence-corrected chi connectivity index (χ4v) is 2.20. The van der Waals surface area contributed by atoms with Crippen molar-refractivity contribution < 1.29 is 12.8 Å². The van der Waals surface area contributed by atoms with Crippen LogP contribution in [0.25, 0.3) is 0 Å². The topological polar surface area (TPSA) is 73.0 Å². The number of rotatable bonds is 4. The average Bonchev–Trinajstić information content (AvgIpc) is 2.17. The summed E-state index contributed by atoms with van der Waals surface area (Å²) in [6.07, 6.45) is 2.46. The summed E-state index contributed by atoms with van der Waals surface area (Å²) in [4.78, 5) is 3.75. The zero-order chi connectivity index (χ0) is 12.2. The Morgan fingerprint density at radius 3 is 2.75 bits per heavy atom. The van der Waals surface area contributed by atoms with Crippen LogP contribution in [0.15, 0.2) is 35.3 Å². The van der Waals surface area contributed by atoms with Crippen LogP contribution in [0.1, 0.15) is 5.56 Å². The van der Waals surface area contributed by atoms with E-state index in [-0.39, 0.29) is 11.6 Å². The van der Waals surface area contributed by atoms with E-state index < -0.39 is 21.4 Å². The number of nitrogens with zero attached hydrogens (tertiary/aromatic N) is 1. The van der Waals surface area contributed by atoms with Gasteiger partial charge in [0, 0.05) is 12.7 Å². The summed E-state index contributed by atoms with van der Waals surface area (Å²) in [5.74, 6) is -1.45. The molecule has 0 fully saturated rings. The van der Waals surface area contributed by atoms with Crippen molar-refractivity contribution in [2.24, 2.45) is 5.73 Å². The first-order chi connectivity index (χ1) is 7.45. The zero-order valence-corrected chi connectivity index (χ0v) is 9.67. The maximum atomic E-state index is 13.0. The fourth-order valence-electron chi connectivity index (χ4n) is 1.08. The maximum absolute atomic E-state index is 13.0. The summed E-state index contributed by atoms with van der Waals surface area (Å²) >= 11 is 0. The lowest BCUT2D eigenvalue weighted by atomic mass is 10.3. The first-order valence-electron chi connectivity index (χ1n) is 4.66. The van der Waals surface area contributed by atoms with Crippen molar-refractivity contribution in [1.82, 2.24) is 4.98 Å². The molecule has 0 spiro atoms. The van der Waals surface area contributed by atoms with Gasteiger partial charge in [0.15, 0.2) is 5.03 Å². The van der Waals surface area contributed by atoms with E-state index in [0.717, 1.165) is 11.6 Å². The monoisotopic (exact) mass is 244 g/mol. The Morgan fingerprint density at radius 1 is 1.56 bits per heavy atom. The summed E-state index contributed by atoms with van der Waals surface area (Å²) in [5, 5.41) is -0.126. The van der Waals surface area contributed by atoms with Gasteiger partial charge in [-0.1, -0.05) is 6.07 Å². The van der Waals surface area contributed by atoms with Gasteiger partial charge in [0.05, 0.1) is 0 Å². The largest absolute Gasteiger partial charge is 0.327 e. The van der Waals surface area contributed by atoms with Gasteiger partial charge in [0.1, 0.15) is 11.6 Å². The second-order valence-corrected chi connectivity index (χ2v) is 5.26. The van der Waals surface area contributed by atoms with Gasteiger partial charge in [-0.25, -0.2) is 17.8 Å². The van der Waals surface area contributed by atoms with Gasteiger partial charge in [-0.05, 0) is 24.6 Å². The average molecular weight is 244 g/mol. The highest BCUT2D eigenvalue weighted by Gasteiger charge is 2.17. The Balaban J connectivity index is 2.95. The van der Waals surface area contributed by atoms with Crippen molar-refractivity contribution in [3.8, 4) is 0 Å². The highest BCUT2D eigenvalue weighted by molar-refractivity contribution is 7.91. The van der Waals surface area contributed by atoms with E-state index >= 15 is 0 Å². The highest BCUT2D eigenvalue weighted by atomic mass is 32.2. The Morgan fingerprint density at radius 2 is 2.25 bits per heavy atom. The standard InChI is InChI=1S/C10H13FN2O2S/c1-8-2-3-10(13-6-8)16(14,15)7-9(11)4-5-12/h2-4,6H,5,7,12H2,1H3/b9-4-. The van der Waals surface area contributed by atoms with Crippen LogP contribution in [0.4, 0.5) is 4.39 Å². The molecule has 88 valence electrons. The number of hydrogen-bond acceptors (Lipinski definition) is 4. The second-order valence-electron chi connectivity index (χ2n) is 3.32. The molecule has 16 heavy (non-hydrogen) atoms. The molecule has 0 saturated carbocycles. The minimum Gasteiger partial charge on any atom is -0.327 e. The molecule has 0 aliphatic carbocycles. The summed E-state index contributed by atoms with van der Waals surface area (Å²) in [5.41, 5.74) is 5.92. The lowest BCUT2D eigenvalue weighted by molar-refractivity contribution is 0.580. The van der Waals surface area contributed by atoms with E-state index in [1.165, 1.54) is 12.3 Å². The molecule has 0 atom stereocenters. The van der Waals surface area contributed by atoms with Gasteiger partial charge < -0.3 is 5.73 Å². The molecule has 0 aliphatic rings. The number of aryl methyl sites for hydroxylation is 1. The van der Waals surface area contributed by atoms with Crippen molar-refractivity contribution in [2.45, 2.75) is 11.9 Å². The van der Waals surface area contributed by atoms with Crippen LogP contribution < -0.4 is 5.73 Å². The SMILES string of the molecule is Cc1ccc(S(=O)(=O)C/C(F)=C/CN)nc1. The molecule has 1 heterocycles.